The summed E-state index contributed by atoms with van der Waals surface area (Å²) in [5, 5.41) is 6.56. The van der Waals surface area contributed by atoms with Crippen LogP contribution in [0, 0.1) is 13.8 Å². The second-order valence-corrected chi connectivity index (χ2v) is 6.36. The van der Waals surface area contributed by atoms with E-state index in [9.17, 15) is 4.79 Å². The Morgan fingerprint density at radius 2 is 1.81 bits per heavy atom. The van der Waals surface area contributed by atoms with Crippen LogP contribution < -0.4 is 15.4 Å². The predicted octanol–water partition coefficient (Wildman–Crippen LogP) is 4.75. The minimum atomic E-state index is -0.339. The Labute approximate surface area is 162 Å². The maximum absolute atomic E-state index is 12.7. The average molecular weight is 383 g/mol. The molecule has 0 saturated heterocycles. The molecule has 27 heavy (non-hydrogen) atoms. The summed E-state index contributed by atoms with van der Waals surface area (Å²) in [5.41, 5.74) is 2.54. The number of methoxy groups -OCH3 is 1. The second-order valence-electron chi connectivity index (χ2n) is 5.92. The van der Waals surface area contributed by atoms with Gasteiger partial charge < -0.3 is 15.4 Å². The standard InChI is InChI=1S/C20H19ClN4O2/c1-12-8-9-14(21)10-16(12)25-20(26)17-11-19(23-13(2)22-17)24-15-6-4-5-7-18(15)27-3/h4-11H,1-3H3,(H,25,26)(H,22,23,24). The third-order valence-corrected chi connectivity index (χ3v) is 4.12. The lowest BCUT2D eigenvalue weighted by atomic mass is 10.2. The van der Waals surface area contributed by atoms with Crippen molar-refractivity contribution in [1.82, 2.24) is 9.97 Å². The highest BCUT2D eigenvalue weighted by Gasteiger charge is 2.13. The third kappa shape index (κ3) is 4.54. The molecule has 0 aliphatic heterocycles. The fourth-order valence-electron chi connectivity index (χ4n) is 2.55. The van der Waals surface area contributed by atoms with E-state index < -0.39 is 0 Å². The van der Waals surface area contributed by atoms with E-state index in [1.54, 1.807) is 32.2 Å². The maximum atomic E-state index is 12.7. The number of nitrogens with zero attached hydrogens (tertiary/aromatic N) is 2. The van der Waals surface area contributed by atoms with Crippen molar-refractivity contribution < 1.29 is 9.53 Å². The van der Waals surface area contributed by atoms with Gasteiger partial charge in [0.1, 0.15) is 23.1 Å². The van der Waals surface area contributed by atoms with Crippen molar-refractivity contribution in [3.63, 3.8) is 0 Å². The molecular weight excluding hydrogens is 364 g/mol. The normalized spacial score (nSPS) is 10.4. The molecule has 0 spiro atoms. The lowest BCUT2D eigenvalue weighted by Gasteiger charge is -2.12. The summed E-state index contributed by atoms with van der Waals surface area (Å²) in [7, 11) is 1.60. The van der Waals surface area contributed by atoms with Gasteiger partial charge in [-0.3, -0.25) is 4.79 Å². The number of aromatic nitrogens is 2. The minimum absolute atomic E-state index is 0.249. The van der Waals surface area contributed by atoms with Crippen molar-refractivity contribution in [3.05, 3.63) is 70.6 Å². The molecule has 0 bridgehead atoms. The highest BCUT2D eigenvalue weighted by atomic mass is 35.5. The molecule has 2 aromatic carbocycles. The number of nitrogens with one attached hydrogen (secondary N) is 2. The topological polar surface area (TPSA) is 76.1 Å². The van der Waals surface area contributed by atoms with Crippen LogP contribution in [0.1, 0.15) is 21.9 Å². The van der Waals surface area contributed by atoms with Gasteiger partial charge in [-0.1, -0.05) is 29.8 Å². The quantitative estimate of drug-likeness (QED) is 0.665. The fourth-order valence-corrected chi connectivity index (χ4v) is 2.72. The number of anilines is 3. The summed E-state index contributed by atoms with van der Waals surface area (Å²) in [6.45, 7) is 3.63. The lowest BCUT2D eigenvalue weighted by molar-refractivity contribution is 0.102. The summed E-state index contributed by atoms with van der Waals surface area (Å²) in [6, 6.07) is 14.4. The largest absolute Gasteiger partial charge is 0.495 e. The average Bonchev–Trinajstić information content (AvgIpc) is 2.64. The van der Waals surface area contributed by atoms with Crippen LogP contribution in [-0.2, 0) is 0 Å². The number of hydrogen-bond donors (Lipinski definition) is 2. The molecular formula is C20H19ClN4O2. The van der Waals surface area contributed by atoms with E-state index in [2.05, 4.69) is 20.6 Å². The molecule has 1 aromatic heterocycles. The zero-order valence-electron chi connectivity index (χ0n) is 15.2. The van der Waals surface area contributed by atoms with Crippen LogP contribution in [0.25, 0.3) is 0 Å². The molecule has 0 fully saturated rings. The van der Waals surface area contributed by atoms with Crippen LogP contribution in [0.2, 0.25) is 5.02 Å². The number of amides is 1. The Morgan fingerprint density at radius 3 is 2.59 bits per heavy atom. The highest BCUT2D eigenvalue weighted by molar-refractivity contribution is 6.31. The number of carbonyl (C=O) groups is 1. The molecule has 2 N–H and O–H groups in total. The zero-order valence-corrected chi connectivity index (χ0v) is 16.0. The number of aryl methyl sites for hydroxylation is 2. The van der Waals surface area contributed by atoms with E-state index >= 15 is 0 Å². The van der Waals surface area contributed by atoms with Crippen LogP contribution in [0.5, 0.6) is 5.75 Å². The minimum Gasteiger partial charge on any atom is -0.495 e. The molecule has 138 valence electrons. The molecule has 3 aromatic rings. The van der Waals surface area contributed by atoms with Gasteiger partial charge in [0.15, 0.2) is 0 Å². The van der Waals surface area contributed by atoms with Crippen LogP contribution in [0.3, 0.4) is 0 Å². The van der Waals surface area contributed by atoms with Gasteiger partial charge in [-0.15, -0.1) is 0 Å². The first-order valence-corrected chi connectivity index (χ1v) is 8.67. The van der Waals surface area contributed by atoms with E-state index in [0.717, 1.165) is 11.3 Å². The maximum Gasteiger partial charge on any atom is 0.274 e. The van der Waals surface area contributed by atoms with Crippen molar-refractivity contribution >= 4 is 34.7 Å². The molecule has 1 amide bonds. The Balaban J connectivity index is 1.86. The molecule has 6 nitrogen and oxygen atoms in total. The van der Waals surface area contributed by atoms with Crippen molar-refractivity contribution in [2.75, 3.05) is 17.7 Å². The van der Waals surface area contributed by atoms with E-state index in [1.165, 1.54) is 0 Å². The molecule has 0 radical (unpaired) electrons. The monoisotopic (exact) mass is 382 g/mol. The van der Waals surface area contributed by atoms with Gasteiger partial charge in [0.05, 0.1) is 12.8 Å². The second kappa shape index (κ2) is 8.05. The molecule has 0 saturated carbocycles. The zero-order chi connectivity index (χ0) is 19.4. The summed E-state index contributed by atoms with van der Waals surface area (Å²) in [4.78, 5) is 21.2. The number of ether oxygens (including phenoxy) is 1. The Hall–Kier alpha value is -3.12. The first-order valence-electron chi connectivity index (χ1n) is 8.29. The Morgan fingerprint density at radius 1 is 1.04 bits per heavy atom. The summed E-state index contributed by atoms with van der Waals surface area (Å²) in [6.07, 6.45) is 0. The van der Waals surface area contributed by atoms with E-state index in [1.807, 2.05) is 37.3 Å². The predicted molar refractivity (Wildman–Crippen MR) is 107 cm³/mol. The van der Waals surface area contributed by atoms with Gasteiger partial charge >= 0.3 is 0 Å². The number of rotatable bonds is 5. The van der Waals surface area contributed by atoms with Gasteiger partial charge in [-0.25, -0.2) is 9.97 Å². The van der Waals surface area contributed by atoms with Gasteiger partial charge in [0.2, 0.25) is 0 Å². The molecule has 3 rings (SSSR count). The number of para-hydroxylation sites is 2. The summed E-state index contributed by atoms with van der Waals surface area (Å²) < 4.78 is 5.33. The SMILES string of the molecule is COc1ccccc1Nc1cc(C(=O)Nc2cc(Cl)ccc2C)nc(C)n1. The Kier molecular flexibility index (Phi) is 5.57. The number of benzene rings is 2. The number of carbonyl (C=O) groups excluding carboxylic acids is 1. The fraction of sp³-hybridized carbons (Fsp3) is 0.150. The van der Waals surface area contributed by atoms with Crippen molar-refractivity contribution in [3.8, 4) is 5.75 Å². The van der Waals surface area contributed by atoms with Crippen LogP contribution >= 0.6 is 11.6 Å². The number of halogens is 1. The van der Waals surface area contributed by atoms with E-state index in [-0.39, 0.29) is 11.6 Å². The van der Waals surface area contributed by atoms with Crippen LogP contribution in [0.15, 0.2) is 48.5 Å². The van der Waals surface area contributed by atoms with Crippen molar-refractivity contribution in [1.29, 1.82) is 0 Å². The van der Waals surface area contributed by atoms with Crippen molar-refractivity contribution in [2.45, 2.75) is 13.8 Å². The van der Waals surface area contributed by atoms with Gasteiger partial charge in [-0.2, -0.15) is 0 Å². The van der Waals surface area contributed by atoms with Crippen LogP contribution in [-0.4, -0.2) is 23.0 Å². The third-order valence-electron chi connectivity index (χ3n) is 3.89. The lowest BCUT2D eigenvalue weighted by Crippen LogP contribution is -2.16. The molecule has 7 heteroatoms. The van der Waals surface area contributed by atoms with Gasteiger partial charge in [-0.05, 0) is 43.7 Å². The van der Waals surface area contributed by atoms with E-state index in [0.29, 0.717) is 28.1 Å². The smallest absolute Gasteiger partial charge is 0.274 e. The summed E-state index contributed by atoms with van der Waals surface area (Å²) in [5.74, 6) is 1.31. The first-order chi connectivity index (χ1) is 13.0. The molecule has 0 aliphatic rings. The number of hydrogen-bond acceptors (Lipinski definition) is 5. The van der Waals surface area contributed by atoms with E-state index in [4.69, 9.17) is 16.3 Å². The first kappa shape index (κ1) is 18.7. The highest BCUT2D eigenvalue weighted by Crippen LogP contribution is 2.26. The van der Waals surface area contributed by atoms with Gasteiger partial charge in [0.25, 0.3) is 5.91 Å². The van der Waals surface area contributed by atoms with Gasteiger partial charge in [0, 0.05) is 16.8 Å². The molecule has 0 atom stereocenters. The molecule has 1 heterocycles. The summed E-state index contributed by atoms with van der Waals surface area (Å²) >= 11 is 6.02. The molecule has 0 unspecified atom stereocenters. The Bertz CT molecular complexity index is 991. The van der Waals surface area contributed by atoms with Crippen molar-refractivity contribution in [2.24, 2.45) is 0 Å². The molecule has 0 aliphatic carbocycles. The van der Waals surface area contributed by atoms with Crippen LogP contribution in [0.4, 0.5) is 17.2 Å².